The van der Waals surface area contributed by atoms with E-state index in [0.29, 0.717) is 24.7 Å². The molecule has 26 heavy (non-hydrogen) atoms. The zero-order valence-corrected chi connectivity index (χ0v) is 16.6. The summed E-state index contributed by atoms with van der Waals surface area (Å²) in [7, 11) is 1.77. The minimum absolute atomic E-state index is 0.124. The van der Waals surface area contributed by atoms with Gasteiger partial charge in [0.05, 0.1) is 12.2 Å². The van der Waals surface area contributed by atoms with Crippen LogP contribution in [0.15, 0.2) is 48.5 Å². The van der Waals surface area contributed by atoms with Crippen LogP contribution in [0.5, 0.6) is 0 Å². The first-order valence-corrected chi connectivity index (χ1v) is 9.06. The van der Waals surface area contributed by atoms with E-state index in [9.17, 15) is 4.79 Å². The summed E-state index contributed by atoms with van der Waals surface area (Å²) in [6.07, 6.45) is 0. The van der Waals surface area contributed by atoms with Gasteiger partial charge >= 0.3 is 6.03 Å². The van der Waals surface area contributed by atoms with Crippen molar-refractivity contribution in [3.63, 3.8) is 0 Å². The molecule has 0 aliphatic carbocycles. The standard InChI is InChI=1S/C21H27ClN2O2/c1-21(2,3)26-15-18-9-5-7-16(11-18)13-23-20(25)24(4)14-17-8-6-10-19(22)12-17/h5-12H,13-15H2,1-4H3,(H,23,25). The summed E-state index contributed by atoms with van der Waals surface area (Å²) >= 11 is 5.99. The molecule has 0 saturated carbocycles. The van der Waals surface area contributed by atoms with E-state index in [0.717, 1.165) is 16.7 Å². The first kappa shape index (κ1) is 20.3. The Kier molecular flexibility index (Phi) is 7.06. The largest absolute Gasteiger partial charge is 0.371 e. The van der Waals surface area contributed by atoms with Gasteiger partial charge in [0.25, 0.3) is 0 Å². The number of rotatable bonds is 6. The van der Waals surface area contributed by atoms with E-state index in [1.54, 1.807) is 11.9 Å². The first-order chi connectivity index (χ1) is 12.2. The Hall–Kier alpha value is -2.04. The molecule has 140 valence electrons. The van der Waals surface area contributed by atoms with Crippen LogP contribution < -0.4 is 5.32 Å². The van der Waals surface area contributed by atoms with Crippen LogP contribution in [-0.2, 0) is 24.4 Å². The molecule has 2 rings (SSSR count). The van der Waals surface area contributed by atoms with Gasteiger partial charge in [0.1, 0.15) is 0 Å². The molecule has 0 heterocycles. The van der Waals surface area contributed by atoms with Crippen molar-refractivity contribution in [1.29, 1.82) is 0 Å². The number of nitrogens with one attached hydrogen (secondary N) is 1. The molecule has 0 fully saturated rings. The van der Waals surface area contributed by atoms with Gasteiger partial charge in [-0.1, -0.05) is 48.0 Å². The molecule has 0 spiro atoms. The number of urea groups is 1. The highest BCUT2D eigenvalue weighted by Crippen LogP contribution is 2.14. The fourth-order valence-electron chi connectivity index (χ4n) is 2.42. The highest BCUT2D eigenvalue weighted by atomic mass is 35.5. The van der Waals surface area contributed by atoms with E-state index in [-0.39, 0.29) is 11.6 Å². The van der Waals surface area contributed by atoms with E-state index in [4.69, 9.17) is 16.3 Å². The lowest BCUT2D eigenvalue weighted by molar-refractivity contribution is -0.0149. The lowest BCUT2D eigenvalue weighted by atomic mass is 10.1. The second-order valence-electron chi connectivity index (χ2n) is 7.37. The zero-order chi connectivity index (χ0) is 19.2. The van der Waals surface area contributed by atoms with Crippen molar-refractivity contribution in [2.45, 2.75) is 46.1 Å². The molecule has 1 N–H and O–H groups in total. The molecule has 0 saturated heterocycles. The number of carbonyl (C=O) groups excluding carboxylic acids is 1. The number of nitrogens with zero attached hydrogens (tertiary/aromatic N) is 1. The van der Waals surface area contributed by atoms with Crippen LogP contribution in [0.2, 0.25) is 5.02 Å². The van der Waals surface area contributed by atoms with Crippen molar-refractivity contribution in [2.75, 3.05) is 7.05 Å². The number of hydrogen-bond acceptors (Lipinski definition) is 2. The molecule has 4 nitrogen and oxygen atoms in total. The van der Waals surface area contributed by atoms with Gasteiger partial charge in [-0.2, -0.15) is 0 Å². The van der Waals surface area contributed by atoms with Crippen LogP contribution in [-0.4, -0.2) is 23.6 Å². The van der Waals surface area contributed by atoms with Gasteiger partial charge in [-0.3, -0.25) is 0 Å². The normalized spacial score (nSPS) is 11.3. The van der Waals surface area contributed by atoms with E-state index in [1.165, 1.54) is 0 Å². The molecule has 2 amide bonds. The summed E-state index contributed by atoms with van der Waals surface area (Å²) in [5.74, 6) is 0. The van der Waals surface area contributed by atoms with E-state index >= 15 is 0 Å². The van der Waals surface area contributed by atoms with Crippen LogP contribution in [0.3, 0.4) is 0 Å². The Morgan fingerprint density at radius 3 is 2.42 bits per heavy atom. The lowest BCUT2D eigenvalue weighted by Gasteiger charge is -2.20. The zero-order valence-electron chi connectivity index (χ0n) is 15.9. The van der Waals surface area contributed by atoms with Gasteiger partial charge in [0, 0.05) is 25.2 Å². The van der Waals surface area contributed by atoms with Crippen LogP contribution >= 0.6 is 11.6 Å². The van der Waals surface area contributed by atoms with Crippen LogP contribution in [0.1, 0.15) is 37.5 Å². The third-order valence-electron chi connectivity index (χ3n) is 3.76. The molecule has 2 aromatic rings. The van der Waals surface area contributed by atoms with Crippen LogP contribution in [0, 0.1) is 0 Å². The van der Waals surface area contributed by atoms with Crippen molar-refractivity contribution in [3.05, 3.63) is 70.2 Å². The number of amides is 2. The van der Waals surface area contributed by atoms with E-state index in [1.807, 2.05) is 63.2 Å². The van der Waals surface area contributed by atoms with Crippen molar-refractivity contribution in [1.82, 2.24) is 10.2 Å². The third kappa shape index (κ3) is 7.06. The van der Waals surface area contributed by atoms with Gasteiger partial charge in [-0.15, -0.1) is 0 Å². The molecule has 0 aromatic heterocycles. The molecule has 0 radical (unpaired) electrons. The minimum Gasteiger partial charge on any atom is -0.371 e. The van der Waals surface area contributed by atoms with Gasteiger partial charge < -0.3 is 15.0 Å². The Morgan fingerprint density at radius 1 is 1.08 bits per heavy atom. The maximum absolute atomic E-state index is 12.3. The summed E-state index contributed by atoms with van der Waals surface area (Å²) in [6, 6.07) is 15.5. The molecular weight excluding hydrogens is 348 g/mol. The fraction of sp³-hybridized carbons (Fsp3) is 0.381. The van der Waals surface area contributed by atoms with E-state index in [2.05, 4.69) is 11.4 Å². The fourth-order valence-corrected chi connectivity index (χ4v) is 2.64. The molecule has 0 bridgehead atoms. The number of benzene rings is 2. The number of carbonyl (C=O) groups is 1. The summed E-state index contributed by atoms with van der Waals surface area (Å²) in [4.78, 5) is 13.9. The lowest BCUT2D eigenvalue weighted by Crippen LogP contribution is -2.36. The average molecular weight is 375 g/mol. The predicted molar refractivity (Wildman–Crippen MR) is 106 cm³/mol. The molecule has 0 aliphatic rings. The Balaban J connectivity index is 1.86. The van der Waals surface area contributed by atoms with Crippen molar-refractivity contribution in [2.24, 2.45) is 0 Å². The minimum atomic E-state index is -0.173. The summed E-state index contributed by atoms with van der Waals surface area (Å²) in [6.45, 7) is 7.64. The Labute approximate surface area is 161 Å². The predicted octanol–water partition coefficient (Wildman–Crippen LogP) is 5.00. The second kappa shape index (κ2) is 9.06. The van der Waals surface area contributed by atoms with Gasteiger partial charge in [0.2, 0.25) is 0 Å². The van der Waals surface area contributed by atoms with Gasteiger partial charge in [-0.25, -0.2) is 4.79 Å². The molecule has 0 atom stereocenters. The van der Waals surface area contributed by atoms with Crippen LogP contribution in [0.4, 0.5) is 4.79 Å². The highest BCUT2D eigenvalue weighted by molar-refractivity contribution is 6.30. The highest BCUT2D eigenvalue weighted by Gasteiger charge is 2.11. The topological polar surface area (TPSA) is 41.6 Å². The maximum Gasteiger partial charge on any atom is 0.317 e. The number of ether oxygens (including phenoxy) is 1. The van der Waals surface area contributed by atoms with Crippen molar-refractivity contribution in [3.8, 4) is 0 Å². The SMILES string of the molecule is CN(Cc1cccc(Cl)c1)C(=O)NCc1cccc(COC(C)(C)C)c1. The Bertz CT molecular complexity index is 741. The van der Waals surface area contributed by atoms with Gasteiger partial charge in [-0.05, 0) is 49.6 Å². The summed E-state index contributed by atoms with van der Waals surface area (Å²) in [5.41, 5.74) is 2.97. The monoisotopic (exact) mass is 374 g/mol. The van der Waals surface area contributed by atoms with Crippen molar-refractivity contribution >= 4 is 17.6 Å². The molecule has 0 aliphatic heterocycles. The molecule has 5 heteroatoms. The smallest absolute Gasteiger partial charge is 0.317 e. The summed E-state index contributed by atoms with van der Waals surface area (Å²) < 4.78 is 5.80. The summed E-state index contributed by atoms with van der Waals surface area (Å²) in [5, 5.41) is 3.62. The Morgan fingerprint density at radius 2 is 1.73 bits per heavy atom. The number of halogens is 1. The number of hydrogen-bond donors (Lipinski definition) is 1. The molecule has 2 aromatic carbocycles. The molecular formula is C21H27ClN2O2. The van der Waals surface area contributed by atoms with Crippen LogP contribution in [0.25, 0.3) is 0 Å². The first-order valence-electron chi connectivity index (χ1n) is 8.68. The molecule has 0 unspecified atom stereocenters. The average Bonchev–Trinajstić information content (AvgIpc) is 2.57. The van der Waals surface area contributed by atoms with Crippen molar-refractivity contribution < 1.29 is 9.53 Å². The second-order valence-corrected chi connectivity index (χ2v) is 7.80. The quantitative estimate of drug-likeness (QED) is 0.773. The third-order valence-corrected chi connectivity index (χ3v) is 4.00. The maximum atomic E-state index is 12.3. The van der Waals surface area contributed by atoms with E-state index < -0.39 is 0 Å². The van der Waals surface area contributed by atoms with Gasteiger partial charge in [0.15, 0.2) is 0 Å².